The lowest BCUT2D eigenvalue weighted by molar-refractivity contribution is 0.474. The lowest BCUT2D eigenvalue weighted by atomic mass is 10.6. The molecular formula is C5H4N4O4S. The predicted octanol–water partition coefficient (Wildman–Crippen LogP) is -1.11. The summed E-state index contributed by atoms with van der Waals surface area (Å²) in [6.07, 6.45) is 1.20. The smallest absolute Gasteiger partial charge is 0.328 e. The second-order valence-electron chi connectivity index (χ2n) is 2.45. The molecule has 3 N–H and O–H groups in total. The Kier molecular flexibility index (Phi) is 1.66. The molecule has 14 heavy (non-hydrogen) atoms. The second-order valence-corrected chi connectivity index (χ2v) is 3.78. The Labute approximate surface area is 76.8 Å². The predicted molar refractivity (Wildman–Crippen MR) is 44.3 cm³/mol. The van der Waals surface area contributed by atoms with Crippen molar-refractivity contribution in [3.63, 3.8) is 0 Å². The molecule has 2 heterocycles. The van der Waals surface area contributed by atoms with E-state index >= 15 is 0 Å². The maximum absolute atomic E-state index is 11.2. The van der Waals surface area contributed by atoms with Crippen LogP contribution in [0.5, 0.6) is 0 Å². The number of H-pyrrole nitrogens is 2. The highest BCUT2D eigenvalue weighted by Gasteiger charge is 2.15. The fourth-order valence-corrected chi connectivity index (χ4v) is 1.37. The van der Waals surface area contributed by atoms with Crippen LogP contribution in [0.4, 0.5) is 0 Å². The number of aromatic nitrogens is 4. The molecule has 0 amide bonds. The van der Waals surface area contributed by atoms with Crippen molar-refractivity contribution in [1.82, 2.24) is 19.9 Å². The molecule has 2 rings (SSSR count). The summed E-state index contributed by atoms with van der Waals surface area (Å²) in [6.45, 7) is 0. The quantitative estimate of drug-likeness (QED) is 0.409. The van der Waals surface area contributed by atoms with E-state index in [0.29, 0.717) is 0 Å². The molecule has 0 aliphatic carbocycles. The van der Waals surface area contributed by atoms with Gasteiger partial charge in [-0.05, 0) is 0 Å². The first-order valence-corrected chi connectivity index (χ1v) is 4.83. The number of nitrogens with zero attached hydrogens (tertiary/aromatic N) is 2. The zero-order valence-electron chi connectivity index (χ0n) is 6.55. The molecule has 0 unspecified atom stereocenters. The maximum atomic E-state index is 11.2. The summed E-state index contributed by atoms with van der Waals surface area (Å²) in [4.78, 5) is 22.6. The van der Waals surface area contributed by atoms with E-state index in [-0.39, 0.29) is 11.2 Å². The lowest BCUT2D eigenvalue weighted by Crippen LogP contribution is -2.15. The van der Waals surface area contributed by atoms with Crippen LogP contribution in [0.15, 0.2) is 16.3 Å². The molecule has 2 aromatic heterocycles. The normalized spacial score (nSPS) is 12.1. The van der Waals surface area contributed by atoms with Crippen LogP contribution >= 0.6 is 0 Å². The largest absolute Gasteiger partial charge is 0.339 e. The molecule has 0 aliphatic heterocycles. The van der Waals surface area contributed by atoms with Gasteiger partial charge in [-0.1, -0.05) is 0 Å². The molecule has 0 aromatic carbocycles. The molecule has 0 aliphatic rings. The van der Waals surface area contributed by atoms with E-state index in [1.807, 2.05) is 4.98 Å². The first kappa shape index (κ1) is 8.84. The van der Waals surface area contributed by atoms with Crippen LogP contribution in [0.3, 0.4) is 0 Å². The number of imidazole rings is 1. The highest BCUT2D eigenvalue weighted by atomic mass is 32.2. The van der Waals surface area contributed by atoms with Crippen molar-refractivity contribution in [1.29, 1.82) is 0 Å². The standard InChI is InChI=1S/C5H4N4O4S/c10-4-2-3(7-1-6-2)8-5(9-4)14(11,12)13/h1H,(H,11,12,13)(H2,6,7,8,9,10). The number of hydrogen-bond donors (Lipinski definition) is 3. The van der Waals surface area contributed by atoms with Gasteiger partial charge >= 0.3 is 10.1 Å². The Balaban J connectivity index is 2.91. The Morgan fingerprint density at radius 3 is 2.79 bits per heavy atom. The fraction of sp³-hybridized carbons (Fsp3) is 0. The molecule has 0 radical (unpaired) electrons. The summed E-state index contributed by atoms with van der Waals surface area (Å²) >= 11 is 0. The third kappa shape index (κ3) is 1.28. The van der Waals surface area contributed by atoms with Crippen molar-refractivity contribution in [2.24, 2.45) is 0 Å². The average molecular weight is 216 g/mol. The molecule has 2 aromatic rings. The molecule has 0 saturated carbocycles. The van der Waals surface area contributed by atoms with E-state index in [9.17, 15) is 13.2 Å². The van der Waals surface area contributed by atoms with Crippen molar-refractivity contribution >= 4 is 21.3 Å². The van der Waals surface area contributed by atoms with Gasteiger partial charge in [0.1, 0.15) is 0 Å². The van der Waals surface area contributed by atoms with E-state index in [1.54, 1.807) is 0 Å². The molecule has 0 atom stereocenters. The van der Waals surface area contributed by atoms with Gasteiger partial charge < -0.3 is 4.98 Å². The monoisotopic (exact) mass is 216 g/mol. The average Bonchev–Trinajstić information content (AvgIpc) is 2.50. The highest BCUT2D eigenvalue weighted by Crippen LogP contribution is 2.03. The van der Waals surface area contributed by atoms with Crippen molar-refractivity contribution in [2.75, 3.05) is 0 Å². The topological polar surface area (TPSA) is 129 Å². The van der Waals surface area contributed by atoms with Gasteiger partial charge in [0, 0.05) is 0 Å². The first-order chi connectivity index (χ1) is 6.48. The van der Waals surface area contributed by atoms with Gasteiger partial charge in [-0.15, -0.1) is 0 Å². The molecule has 0 bridgehead atoms. The maximum Gasteiger partial charge on any atom is 0.328 e. The van der Waals surface area contributed by atoms with E-state index in [2.05, 4.69) is 15.0 Å². The Hall–Kier alpha value is -1.74. The summed E-state index contributed by atoms with van der Waals surface area (Å²) < 4.78 is 29.9. The van der Waals surface area contributed by atoms with E-state index in [0.717, 1.165) is 0 Å². The third-order valence-corrected chi connectivity index (χ3v) is 2.20. The summed E-state index contributed by atoms with van der Waals surface area (Å²) in [5.74, 6) is 0. The number of hydrogen-bond acceptors (Lipinski definition) is 5. The molecule has 8 nitrogen and oxygen atoms in total. The van der Waals surface area contributed by atoms with Crippen molar-refractivity contribution in [2.45, 2.75) is 5.16 Å². The number of fused-ring (bicyclic) bond motifs is 1. The van der Waals surface area contributed by atoms with Gasteiger partial charge in [0.15, 0.2) is 11.2 Å². The molecular weight excluding hydrogens is 212 g/mol. The van der Waals surface area contributed by atoms with Crippen LogP contribution in [-0.2, 0) is 10.1 Å². The van der Waals surface area contributed by atoms with Gasteiger partial charge in [0.2, 0.25) is 0 Å². The molecule has 9 heteroatoms. The van der Waals surface area contributed by atoms with Crippen molar-refractivity contribution < 1.29 is 13.0 Å². The fourth-order valence-electron chi connectivity index (χ4n) is 0.945. The SMILES string of the molecule is O=c1[nH]c(S(=O)(=O)O)nc2nc[nH]c12. The summed E-state index contributed by atoms with van der Waals surface area (Å²) in [6, 6.07) is 0. The third-order valence-electron chi connectivity index (χ3n) is 1.52. The Bertz CT molecular complexity index is 639. The molecule has 0 spiro atoms. The van der Waals surface area contributed by atoms with E-state index < -0.39 is 20.8 Å². The zero-order chi connectivity index (χ0) is 10.3. The number of rotatable bonds is 1. The molecule has 0 saturated heterocycles. The van der Waals surface area contributed by atoms with E-state index in [1.165, 1.54) is 6.33 Å². The van der Waals surface area contributed by atoms with E-state index in [4.69, 9.17) is 4.55 Å². The van der Waals surface area contributed by atoms with Crippen LogP contribution in [-0.4, -0.2) is 32.9 Å². The highest BCUT2D eigenvalue weighted by molar-refractivity contribution is 7.85. The summed E-state index contributed by atoms with van der Waals surface area (Å²) in [5, 5.41) is -0.817. The van der Waals surface area contributed by atoms with Crippen LogP contribution in [0, 0.1) is 0 Å². The molecule has 74 valence electrons. The minimum atomic E-state index is -4.52. The first-order valence-electron chi connectivity index (χ1n) is 3.39. The minimum absolute atomic E-state index is 0.0531. The van der Waals surface area contributed by atoms with Crippen molar-refractivity contribution in [3.05, 3.63) is 16.7 Å². The van der Waals surface area contributed by atoms with Crippen LogP contribution in [0.25, 0.3) is 11.2 Å². The second kappa shape index (κ2) is 2.62. The summed E-state index contributed by atoms with van der Waals surface area (Å²) in [7, 11) is -4.52. The van der Waals surface area contributed by atoms with Gasteiger partial charge in [0.05, 0.1) is 6.33 Å². The van der Waals surface area contributed by atoms with Gasteiger partial charge in [0.25, 0.3) is 10.7 Å². The lowest BCUT2D eigenvalue weighted by Gasteiger charge is -1.94. The number of nitrogens with one attached hydrogen (secondary N) is 2. The Morgan fingerprint density at radius 1 is 1.43 bits per heavy atom. The van der Waals surface area contributed by atoms with Crippen LogP contribution in [0.1, 0.15) is 0 Å². The van der Waals surface area contributed by atoms with Crippen LogP contribution < -0.4 is 5.56 Å². The molecule has 0 fully saturated rings. The van der Waals surface area contributed by atoms with Gasteiger partial charge in [-0.25, -0.2) is 4.98 Å². The minimum Gasteiger partial charge on any atom is -0.339 e. The van der Waals surface area contributed by atoms with Gasteiger partial charge in [-0.2, -0.15) is 13.4 Å². The summed E-state index contributed by atoms with van der Waals surface area (Å²) in [5.41, 5.74) is -0.723. The van der Waals surface area contributed by atoms with Crippen LogP contribution in [0.2, 0.25) is 0 Å². The van der Waals surface area contributed by atoms with Gasteiger partial charge in [-0.3, -0.25) is 14.3 Å². The van der Waals surface area contributed by atoms with Crippen molar-refractivity contribution in [3.8, 4) is 0 Å². The number of aromatic amines is 2. The zero-order valence-corrected chi connectivity index (χ0v) is 7.37. The Morgan fingerprint density at radius 2 is 2.14 bits per heavy atom.